The maximum absolute atomic E-state index is 6.24. The van der Waals surface area contributed by atoms with Gasteiger partial charge in [-0.1, -0.05) is 18.2 Å². The molecule has 1 aliphatic carbocycles. The highest BCUT2D eigenvalue weighted by atomic mass is 14.6. The van der Waals surface area contributed by atoms with Gasteiger partial charge in [-0.05, 0) is 60.1 Å². The Bertz CT molecular complexity index is 534. The summed E-state index contributed by atoms with van der Waals surface area (Å²) in [4.78, 5) is 4.03. The first kappa shape index (κ1) is 11.4. The Kier molecular flexibility index (Phi) is 3.11. The number of benzene rings is 1. The predicted octanol–water partition coefficient (Wildman–Crippen LogP) is 2.81. The predicted molar refractivity (Wildman–Crippen MR) is 73.3 cm³/mol. The molecule has 1 aliphatic rings. The van der Waals surface area contributed by atoms with Gasteiger partial charge in [-0.25, -0.2) is 0 Å². The van der Waals surface area contributed by atoms with Gasteiger partial charge >= 0.3 is 0 Å². The van der Waals surface area contributed by atoms with Gasteiger partial charge in [0, 0.05) is 18.4 Å². The molecule has 92 valence electrons. The van der Waals surface area contributed by atoms with Gasteiger partial charge in [0.15, 0.2) is 0 Å². The number of hydrogen-bond donors (Lipinski definition) is 1. The lowest BCUT2D eigenvalue weighted by molar-refractivity contribution is 0.720. The molecular formula is C16H18N2. The molecule has 2 heteroatoms. The van der Waals surface area contributed by atoms with Crippen LogP contribution in [0.1, 0.15) is 34.7 Å². The molecular weight excluding hydrogens is 220 g/mol. The third-order valence-corrected chi connectivity index (χ3v) is 3.75. The summed E-state index contributed by atoms with van der Waals surface area (Å²) in [6, 6.07) is 10.9. The van der Waals surface area contributed by atoms with E-state index >= 15 is 0 Å². The molecule has 2 aromatic rings. The van der Waals surface area contributed by atoms with Crippen LogP contribution in [0.3, 0.4) is 0 Å². The molecule has 3 rings (SSSR count). The maximum atomic E-state index is 6.24. The zero-order valence-electron chi connectivity index (χ0n) is 10.5. The van der Waals surface area contributed by atoms with Gasteiger partial charge in [0.2, 0.25) is 0 Å². The lowest BCUT2D eigenvalue weighted by Gasteiger charge is -2.12. The van der Waals surface area contributed by atoms with Gasteiger partial charge in [-0.2, -0.15) is 0 Å². The number of nitrogens with two attached hydrogens (primary N) is 1. The van der Waals surface area contributed by atoms with Crippen LogP contribution in [0, 0.1) is 0 Å². The summed E-state index contributed by atoms with van der Waals surface area (Å²) in [5.41, 5.74) is 11.8. The number of nitrogens with zero attached hydrogens (tertiary/aromatic N) is 1. The standard InChI is InChI=1S/C16H18N2/c17-16(14-6-8-18-9-7-14)11-12-4-5-13-2-1-3-15(13)10-12/h4-10,16H,1-3,11,17H2. The molecule has 1 aromatic carbocycles. The maximum Gasteiger partial charge on any atom is 0.0336 e. The molecule has 0 radical (unpaired) electrons. The largest absolute Gasteiger partial charge is 0.324 e. The molecule has 2 nitrogen and oxygen atoms in total. The zero-order valence-corrected chi connectivity index (χ0v) is 10.5. The minimum atomic E-state index is 0.0625. The topological polar surface area (TPSA) is 38.9 Å². The molecule has 0 saturated heterocycles. The molecule has 2 N–H and O–H groups in total. The van der Waals surface area contributed by atoms with Crippen molar-refractivity contribution in [2.24, 2.45) is 5.73 Å². The van der Waals surface area contributed by atoms with Crippen molar-refractivity contribution in [3.05, 3.63) is 65.0 Å². The summed E-state index contributed by atoms with van der Waals surface area (Å²) >= 11 is 0. The third-order valence-electron chi connectivity index (χ3n) is 3.75. The van der Waals surface area contributed by atoms with E-state index in [9.17, 15) is 0 Å². The third kappa shape index (κ3) is 2.29. The van der Waals surface area contributed by atoms with Crippen LogP contribution in [0.4, 0.5) is 0 Å². The molecule has 0 fully saturated rings. The summed E-state index contributed by atoms with van der Waals surface area (Å²) in [7, 11) is 0. The monoisotopic (exact) mass is 238 g/mol. The van der Waals surface area contributed by atoms with Crippen LogP contribution in [-0.2, 0) is 19.3 Å². The zero-order chi connectivity index (χ0) is 12.4. The van der Waals surface area contributed by atoms with Crippen molar-refractivity contribution in [2.75, 3.05) is 0 Å². The molecule has 0 spiro atoms. The summed E-state index contributed by atoms with van der Waals surface area (Å²) < 4.78 is 0. The Labute approximate surface area is 108 Å². The Balaban J connectivity index is 1.77. The molecule has 0 saturated carbocycles. The number of rotatable bonds is 3. The van der Waals surface area contributed by atoms with Gasteiger partial charge in [0.1, 0.15) is 0 Å². The molecule has 1 heterocycles. The van der Waals surface area contributed by atoms with Crippen LogP contribution in [0.2, 0.25) is 0 Å². The molecule has 1 aromatic heterocycles. The fraction of sp³-hybridized carbons (Fsp3) is 0.312. The first-order valence-corrected chi connectivity index (χ1v) is 6.59. The first-order chi connectivity index (χ1) is 8.83. The highest BCUT2D eigenvalue weighted by Gasteiger charge is 2.12. The minimum absolute atomic E-state index is 0.0625. The number of fused-ring (bicyclic) bond motifs is 1. The van der Waals surface area contributed by atoms with Crippen molar-refractivity contribution in [1.82, 2.24) is 4.98 Å². The van der Waals surface area contributed by atoms with E-state index < -0.39 is 0 Å². The molecule has 0 amide bonds. The van der Waals surface area contributed by atoms with Crippen molar-refractivity contribution in [1.29, 1.82) is 0 Å². The quantitative estimate of drug-likeness (QED) is 0.893. The highest BCUT2D eigenvalue weighted by molar-refractivity contribution is 5.36. The Morgan fingerprint density at radius 3 is 2.67 bits per heavy atom. The molecule has 1 atom stereocenters. The van der Waals surface area contributed by atoms with Crippen LogP contribution < -0.4 is 5.73 Å². The van der Waals surface area contributed by atoms with E-state index in [2.05, 4.69) is 23.2 Å². The van der Waals surface area contributed by atoms with E-state index in [4.69, 9.17) is 5.73 Å². The van der Waals surface area contributed by atoms with Gasteiger partial charge < -0.3 is 5.73 Å². The van der Waals surface area contributed by atoms with Crippen molar-refractivity contribution in [2.45, 2.75) is 31.7 Å². The number of aromatic nitrogens is 1. The summed E-state index contributed by atoms with van der Waals surface area (Å²) in [5.74, 6) is 0. The highest BCUT2D eigenvalue weighted by Crippen LogP contribution is 2.24. The van der Waals surface area contributed by atoms with E-state index in [1.54, 1.807) is 12.4 Å². The van der Waals surface area contributed by atoms with E-state index in [-0.39, 0.29) is 6.04 Å². The minimum Gasteiger partial charge on any atom is -0.324 e. The van der Waals surface area contributed by atoms with Crippen LogP contribution in [0.15, 0.2) is 42.7 Å². The molecule has 0 aliphatic heterocycles. The normalized spacial score (nSPS) is 15.4. The number of hydrogen-bond acceptors (Lipinski definition) is 2. The van der Waals surface area contributed by atoms with E-state index in [0.717, 1.165) is 12.0 Å². The molecule has 1 unspecified atom stereocenters. The van der Waals surface area contributed by atoms with Crippen LogP contribution in [0.5, 0.6) is 0 Å². The van der Waals surface area contributed by atoms with Crippen LogP contribution >= 0.6 is 0 Å². The average Bonchev–Trinajstić information content (AvgIpc) is 2.87. The second-order valence-electron chi connectivity index (χ2n) is 5.05. The fourth-order valence-corrected chi connectivity index (χ4v) is 2.73. The second kappa shape index (κ2) is 4.91. The fourth-order valence-electron chi connectivity index (χ4n) is 2.73. The van der Waals surface area contributed by atoms with Gasteiger partial charge in [-0.3, -0.25) is 4.98 Å². The van der Waals surface area contributed by atoms with Gasteiger partial charge in [-0.15, -0.1) is 0 Å². The Morgan fingerprint density at radius 1 is 1.06 bits per heavy atom. The van der Waals surface area contributed by atoms with Crippen molar-refractivity contribution in [3.8, 4) is 0 Å². The lowest BCUT2D eigenvalue weighted by atomic mass is 9.98. The number of pyridine rings is 1. The number of aryl methyl sites for hydroxylation is 2. The van der Waals surface area contributed by atoms with E-state index in [1.165, 1.54) is 36.0 Å². The van der Waals surface area contributed by atoms with Crippen molar-refractivity contribution >= 4 is 0 Å². The lowest BCUT2D eigenvalue weighted by Crippen LogP contribution is -2.13. The molecule has 0 bridgehead atoms. The van der Waals surface area contributed by atoms with E-state index in [0.29, 0.717) is 0 Å². The van der Waals surface area contributed by atoms with Crippen LogP contribution in [0.25, 0.3) is 0 Å². The summed E-state index contributed by atoms with van der Waals surface area (Å²) in [5, 5.41) is 0. The van der Waals surface area contributed by atoms with Gasteiger partial charge in [0.05, 0.1) is 0 Å². The Morgan fingerprint density at radius 2 is 1.83 bits per heavy atom. The van der Waals surface area contributed by atoms with Crippen molar-refractivity contribution < 1.29 is 0 Å². The SMILES string of the molecule is NC(Cc1ccc2c(c1)CCC2)c1ccncc1. The molecule has 18 heavy (non-hydrogen) atoms. The Hall–Kier alpha value is -1.67. The van der Waals surface area contributed by atoms with Crippen molar-refractivity contribution in [3.63, 3.8) is 0 Å². The smallest absolute Gasteiger partial charge is 0.0336 e. The second-order valence-corrected chi connectivity index (χ2v) is 5.05. The summed E-state index contributed by atoms with van der Waals surface area (Å²) in [6.45, 7) is 0. The first-order valence-electron chi connectivity index (χ1n) is 6.59. The summed E-state index contributed by atoms with van der Waals surface area (Å²) in [6.07, 6.45) is 8.28. The van der Waals surface area contributed by atoms with E-state index in [1.807, 2.05) is 12.1 Å². The van der Waals surface area contributed by atoms with Gasteiger partial charge in [0.25, 0.3) is 0 Å². The van der Waals surface area contributed by atoms with Crippen LogP contribution in [-0.4, -0.2) is 4.98 Å². The average molecular weight is 238 g/mol.